The molecule has 0 aliphatic carbocycles. The molecule has 5 rings (SSSR count). The summed E-state index contributed by atoms with van der Waals surface area (Å²) in [4.78, 5) is 29.0. The van der Waals surface area contributed by atoms with E-state index in [2.05, 4.69) is 30.5 Å². The lowest BCUT2D eigenvalue weighted by Gasteiger charge is -2.33. The van der Waals surface area contributed by atoms with Crippen molar-refractivity contribution >= 4 is 50.6 Å². The molecule has 4 N–H and O–H groups in total. The third-order valence-corrected chi connectivity index (χ3v) is 8.77. The molecule has 2 aliphatic rings. The second-order valence-corrected chi connectivity index (χ2v) is 11.6. The van der Waals surface area contributed by atoms with Crippen LogP contribution >= 0.6 is 27.7 Å². The van der Waals surface area contributed by atoms with Crippen molar-refractivity contribution in [3.63, 3.8) is 0 Å². The maximum atomic E-state index is 12.8. The minimum absolute atomic E-state index is 0.0323. The summed E-state index contributed by atoms with van der Waals surface area (Å²) in [6.07, 6.45) is 3.80. The fraction of sp³-hybridized carbons (Fsp3) is 0.520. The molecule has 0 radical (unpaired) electrons. The van der Waals surface area contributed by atoms with Crippen LogP contribution in [0.3, 0.4) is 0 Å². The third-order valence-electron chi connectivity index (χ3n) is 6.80. The van der Waals surface area contributed by atoms with Gasteiger partial charge in [0.05, 0.1) is 6.61 Å². The zero-order chi connectivity index (χ0) is 26.8. The first-order valence-corrected chi connectivity index (χ1v) is 14.3. The van der Waals surface area contributed by atoms with E-state index in [0.717, 1.165) is 53.4 Å². The number of nitrogens with zero attached hydrogens (tertiary/aromatic N) is 5. The topological polar surface area (TPSA) is 144 Å². The highest BCUT2D eigenvalue weighted by atomic mass is 79.9. The predicted octanol–water partition coefficient (Wildman–Crippen LogP) is 3.43. The van der Waals surface area contributed by atoms with Crippen LogP contribution in [-0.4, -0.2) is 69.0 Å². The van der Waals surface area contributed by atoms with Crippen molar-refractivity contribution in [3.8, 4) is 11.5 Å². The van der Waals surface area contributed by atoms with Crippen LogP contribution in [0.4, 0.5) is 5.82 Å². The highest BCUT2D eigenvalue weighted by Gasteiger charge is 2.27. The van der Waals surface area contributed by atoms with Crippen LogP contribution in [0.1, 0.15) is 33.1 Å². The van der Waals surface area contributed by atoms with Gasteiger partial charge in [-0.25, -0.2) is 15.0 Å². The lowest BCUT2D eigenvalue weighted by atomic mass is 9.93. The number of hydrogen-bond donors (Lipinski definition) is 2. The van der Waals surface area contributed by atoms with Gasteiger partial charge in [-0.1, -0.05) is 11.8 Å². The summed E-state index contributed by atoms with van der Waals surface area (Å²) in [6.45, 7) is 6.42. The maximum absolute atomic E-state index is 12.8. The normalized spacial score (nSPS) is 17.2. The number of nitrogen functional groups attached to an aromatic ring is 1. The Morgan fingerprint density at radius 3 is 2.71 bits per heavy atom. The van der Waals surface area contributed by atoms with E-state index in [-0.39, 0.29) is 18.7 Å². The van der Waals surface area contributed by atoms with E-state index < -0.39 is 6.10 Å². The van der Waals surface area contributed by atoms with E-state index in [1.807, 2.05) is 24.0 Å². The van der Waals surface area contributed by atoms with E-state index >= 15 is 0 Å². The van der Waals surface area contributed by atoms with Gasteiger partial charge in [0, 0.05) is 35.0 Å². The third kappa shape index (κ3) is 5.85. The minimum atomic E-state index is -0.477. The first-order chi connectivity index (χ1) is 18.3. The summed E-state index contributed by atoms with van der Waals surface area (Å²) in [5.41, 5.74) is 13.2. The van der Waals surface area contributed by atoms with Crippen LogP contribution in [0.25, 0.3) is 11.2 Å². The molecule has 38 heavy (non-hydrogen) atoms. The average Bonchev–Trinajstić information content (AvgIpc) is 3.50. The molecule has 4 heterocycles. The Bertz CT molecular complexity index is 1310. The van der Waals surface area contributed by atoms with Gasteiger partial charge in [-0.3, -0.25) is 4.79 Å². The smallest absolute Gasteiger partial charge is 0.251 e. The van der Waals surface area contributed by atoms with Crippen LogP contribution in [-0.2, 0) is 16.1 Å². The summed E-state index contributed by atoms with van der Waals surface area (Å²) < 4.78 is 19.7. The number of piperidine rings is 1. The van der Waals surface area contributed by atoms with Gasteiger partial charge in [-0.05, 0) is 67.1 Å². The number of aromatic nitrogens is 4. The molecular formula is C25H32BrN7O4S. The summed E-state index contributed by atoms with van der Waals surface area (Å²) >= 11 is 5.15. The maximum Gasteiger partial charge on any atom is 0.251 e. The first kappa shape index (κ1) is 27.0. The Hall–Kier alpha value is -2.61. The second kappa shape index (κ2) is 11.6. The molecule has 204 valence electrons. The number of rotatable bonds is 9. The molecule has 13 heteroatoms. The first-order valence-electron chi connectivity index (χ1n) is 12.7. The lowest BCUT2D eigenvalue weighted by Crippen LogP contribution is -2.44. The predicted molar refractivity (Wildman–Crippen MR) is 147 cm³/mol. The standard InChI is InChI=1S/C25H32BrN7O4S/c1-14(27)11-35-15(2)24(34)32-6-3-16(4-7-32)5-8-33-23-21(22(28)29-12-30-23)31-25(33)38-20-10-19-18(9-17(20)26)36-13-37-19/h9-10,12,14-16H,3-8,11,13,27H2,1-2H3,(H2,28,29,30). The number of imidazole rings is 1. The monoisotopic (exact) mass is 605 g/mol. The number of nitrogens with two attached hydrogens (primary N) is 2. The summed E-state index contributed by atoms with van der Waals surface area (Å²) in [5.74, 6) is 2.28. The number of carbonyl (C=O) groups is 1. The van der Waals surface area contributed by atoms with Crippen molar-refractivity contribution in [1.82, 2.24) is 24.4 Å². The van der Waals surface area contributed by atoms with Crippen molar-refractivity contribution in [2.75, 3.05) is 32.2 Å². The number of halogens is 1. The number of fused-ring (bicyclic) bond motifs is 2. The van der Waals surface area contributed by atoms with Gasteiger partial charge in [0.1, 0.15) is 12.4 Å². The number of carbonyl (C=O) groups excluding carboxylic acids is 1. The van der Waals surface area contributed by atoms with Crippen LogP contribution in [0.15, 0.2) is 33.0 Å². The molecule has 0 saturated carbocycles. The Balaban J connectivity index is 1.26. The Morgan fingerprint density at radius 2 is 1.97 bits per heavy atom. The number of likely N-dealkylation sites (tertiary alicyclic amines) is 1. The van der Waals surface area contributed by atoms with E-state index in [1.54, 1.807) is 6.92 Å². The largest absolute Gasteiger partial charge is 0.454 e. The van der Waals surface area contributed by atoms with Gasteiger partial charge in [-0.2, -0.15) is 0 Å². The Kier molecular flexibility index (Phi) is 8.26. The fourth-order valence-corrected chi connectivity index (χ4v) is 6.18. The SMILES string of the molecule is CC(N)COC(C)C(=O)N1CCC(CCn2c(Sc3cc4c(cc3Br)OCO4)nc3c(N)ncnc32)CC1. The van der Waals surface area contributed by atoms with Crippen LogP contribution < -0.4 is 20.9 Å². The molecule has 2 atom stereocenters. The van der Waals surface area contributed by atoms with E-state index in [1.165, 1.54) is 18.1 Å². The Morgan fingerprint density at radius 1 is 1.24 bits per heavy atom. The van der Waals surface area contributed by atoms with Gasteiger partial charge in [0.15, 0.2) is 33.6 Å². The molecule has 3 aromatic rings. The molecule has 2 aromatic heterocycles. The fourth-order valence-electron chi connectivity index (χ4n) is 4.67. The number of hydrogen-bond acceptors (Lipinski definition) is 10. The van der Waals surface area contributed by atoms with Gasteiger partial charge in [-0.15, -0.1) is 0 Å². The number of anilines is 1. The lowest BCUT2D eigenvalue weighted by molar-refractivity contribution is -0.144. The molecule has 1 saturated heterocycles. The summed E-state index contributed by atoms with van der Waals surface area (Å²) in [6, 6.07) is 3.76. The van der Waals surface area contributed by atoms with Gasteiger partial charge < -0.3 is 35.1 Å². The van der Waals surface area contributed by atoms with E-state index in [0.29, 0.717) is 41.0 Å². The van der Waals surface area contributed by atoms with Crippen molar-refractivity contribution in [3.05, 3.63) is 22.9 Å². The molecule has 1 amide bonds. The van der Waals surface area contributed by atoms with Gasteiger partial charge >= 0.3 is 0 Å². The van der Waals surface area contributed by atoms with E-state index in [4.69, 9.17) is 30.7 Å². The molecule has 1 fully saturated rings. The second-order valence-electron chi connectivity index (χ2n) is 9.73. The molecule has 2 unspecified atom stereocenters. The van der Waals surface area contributed by atoms with Gasteiger partial charge in [0.2, 0.25) is 6.79 Å². The zero-order valence-corrected chi connectivity index (χ0v) is 23.8. The van der Waals surface area contributed by atoms with Crippen LogP contribution in [0.5, 0.6) is 11.5 Å². The highest BCUT2D eigenvalue weighted by Crippen LogP contribution is 2.43. The average molecular weight is 607 g/mol. The number of amides is 1. The van der Waals surface area contributed by atoms with Crippen LogP contribution in [0.2, 0.25) is 0 Å². The van der Waals surface area contributed by atoms with Crippen molar-refractivity contribution in [2.45, 2.75) is 61.9 Å². The van der Waals surface area contributed by atoms with Crippen LogP contribution in [0, 0.1) is 5.92 Å². The molecule has 0 bridgehead atoms. The Labute approximate surface area is 233 Å². The highest BCUT2D eigenvalue weighted by molar-refractivity contribution is 9.10. The quantitative estimate of drug-likeness (QED) is 0.372. The molecule has 11 nitrogen and oxygen atoms in total. The minimum Gasteiger partial charge on any atom is -0.454 e. The molecule has 0 spiro atoms. The summed E-state index contributed by atoms with van der Waals surface area (Å²) in [5, 5.41) is 0.777. The van der Waals surface area contributed by atoms with Crippen molar-refractivity contribution in [1.29, 1.82) is 0 Å². The number of aryl methyl sites for hydroxylation is 1. The molecule has 2 aliphatic heterocycles. The number of benzene rings is 1. The van der Waals surface area contributed by atoms with Gasteiger partial charge in [0.25, 0.3) is 5.91 Å². The zero-order valence-electron chi connectivity index (χ0n) is 21.4. The number of ether oxygens (including phenoxy) is 3. The van der Waals surface area contributed by atoms with Crippen molar-refractivity contribution < 1.29 is 19.0 Å². The molecule has 1 aromatic carbocycles. The molecular weight excluding hydrogens is 574 g/mol. The van der Waals surface area contributed by atoms with E-state index in [9.17, 15) is 4.79 Å². The summed E-state index contributed by atoms with van der Waals surface area (Å²) in [7, 11) is 0. The van der Waals surface area contributed by atoms with Crippen molar-refractivity contribution in [2.24, 2.45) is 11.7 Å².